The third kappa shape index (κ3) is 3.54. The number of ketones is 1. The summed E-state index contributed by atoms with van der Waals surface area (Å²) >= 11 is -0.788. The van der Waals surface area contributed by atoms with E-state index in [1.807, 2.05) is 30.3 Å². The van der Waals surface area contributed by atoms with Gasteiger partial charge in [-0.25, -0.2) is 0 Å². The van der Waals surface area contributed by atoms with Crippen LogP contribution in [-0.4, -0.2) is 27.3 Å². The van der Waals surface area contributed by atoms with Gasteiger partial charge in [0.1, 0.15) is 0 Å². The molecule has 0 spiro atoms. The van der Waals surface area contributed by atoms with Crippen molar-refractivity contribution in [3.05, 3.63) is 42.0 Å². The summed E-state index contributed by atoms with van der Waals surface area (Å²) in [7, 11) is 0. The first-order valence-electron chi connectivity index (χ1n) is 4.35. The molecule has 2 nitrogen and oxygen atoms in total. The zero-order valence-electron chi connectivity index (χ0n) is 8.28. The molecule has 14 heavy (non-hydrogen) atoms. The molecule has 2 radical (unpaired) electrons. The number of rotatable bonds is 4. The normalized spacial score (nSPS) is 11.1. The molecule has 0 aromatic heterocycles. The summed E-state index contributed by atoms with van der Waals surface area (Å²) < 4.78 is 5.55. The van der Waals surface area contributed by atoms with E-state index in [0.717, 1.165) is 5.56 Å². The number of carbonyl (C=O) groups excluding carboxylic acids is 1. The van der Waals surface area contributed by atoms with Crippen LogP contribution in [0.15, 0.2) is 36.4 Å². The molecule has 0 saturated carbocycles. The minimum absolute atomic E-state index is 0.0247. The van der Waals surface area contributed by atoms with Gasteiger partial charge in [-0.05, 0) is 0 Å². The van der Waals surface area contributed by atoms with Crippen LogP contribution >= 0.6 is 0 Å². The predicted octanol–water partition coefficient (Wildman–Crippen LogP) is 2.30. The molecular weight excluding hydrogens is 283 g/mol. The third-order valence-corrected chi connectivity index (χ3v) is 2.81. The van der Waals surface area contributed by atoms with Crippen molar-refractivity contribution in [2.75, 3.05) is 0 Å². The second kappa shape index (κ2) is 5.85. The van der Waals surface area contributed by atoms with E-state index >= 15 is 0 Å². The van der Waals surface area contributed by atoms with Crippen LogP contribution in [0.3, 0.4) is 0 Å². The summed E-state index contributed by atoms with van der Waals surface area (Å²) in [6.45, 7) is 1.53. The van der Waals surface area contributed by atoms with Gasteiger partial charge in [0.2, 0.25) is 0 Å². The van der Waals surface area contributed by atoms with Gasteiger partial charge >= 0.3 is 94.8 Å². The summed E-state index contributed by atoms with van der Waals surface area (Å²) in [4.78, 5) is 13.0. The first-order chi connectivity index (χ1) is 6.74. The van der Waals surface area contributed by atoms with Crippen molar-refractivity contribution in [1.82, 2.24) is 0 Å². The Hall–Kier alpha value is -0.771. The SMILES string of the molecule is [CH3][Sn][O]/C(=C/C(C)=O)c1ccccc1. The molecule has 0 bridgehead atoms. The second-order valence-corrected chi connectivity index (χ2v) is 4.54. The quantitative estimate of drug-likeness (QED) is 0.484. The van der Waals surface area contributed by atoms with E-state index in [1.54, 1.807) is 6.08 Å². The minimum atomic E-state index is -0.788. The Kier molecular flexibility index (Phi) is 4.73. The number of hydrogen-bond acceptors (Lipinski definition) is 2. The van der Waals surface area contributed by atoms with Gasteiger partial charge in [0.15, 0.2) is 0 Å². The molecule has 0 N–H and O–H groups in total. The topological polar surface area (TPSA) is 26.3 Å². The molecule has 72 valence electrons. The Labute approximate surface area is 94.7 Å². The maximum absolute atomic E-state index is 11.0. The molecule has 0 aliphatic heterocycles. The molecule has 3 heteroatoms. The fourth-order valence-corrected chi connectivity index (χ4v) is 2.20. The van der Waals surface area contributed by atoms with Crippen LogP contribution in [0.25, 0.3) is 5.76 Å². The van der Waals surface area contributed by atoms with E-state index in [-0.39, 0.29) is 5.78 Å². The summed E-state index contributed by atoms with van der Waals surface area (Å²) in [5.74, 6) is 0.740. The van der Waals surface area contributed by atoms with Crippen molar-refractivity contribution in [1.29, 1.82) is 0 Å². The van der Waals surface area contributed by atoms with Gasteiger partial charge in [0.25, 0.3) is 0 Å². The van der Waals surface area contributed by atoms with E-state index in [9.17, 15) is 4.79 Å². The molecule has 1 aromatic carbocycles. The Morgan fingerprint density at radius 2 is 2.00 bits per heavy atom. The molecule has 1 rings (SSSR count). The van der Waals surface area contributed by atoms with Crippen LogP contribution in [0.5, 0.6) is 0 Å². The van der Waals surface area contributed by atoms with Gasteiger partial charge < -0.3 is 0 Å². The van der Waals surface area contributed by atoms with Gasteiger partial charge in [-0.3, -0.25) is 0 Å². The molecular formula is C11H12O2Sn. The van der Waals surface area contributed by atoms with Crippen molar-refractivity contribution in [3.63, 3.8) is 0 Å². The standard InChI is InChI=1S/C10H10O2.CH3.Sn/c1-8(11)7-10(12)9-5-3-2-4-6-9;;/h2-7,12H,1H3;1H3;/q;;+1/p-1/b10-7+;;. The van der Waals surface area contributed by atoms with E-state index in [4.69, 9.17) is 3.07 Å². The zero-order valence-corrected chi connectivity index (χ0v) is 11.1. The fourth-order valence-electron chi connectivity index (χ4n) is 1.07. The van der Waals surface area contributed by atoms with E-state index < -0.39 is 21.6 Å². The van der Waals surface area contributed by atoms with Gasteiger partial charge in [-0.15, -0.1) is 0 Å². The summed E-state index contributed by atoms with van der Waals surface area (Å²) in [5, 5.41) is 0. The van der Waals surface area contributed by atoms with E-state index in [2.05, 4.69) is 4.94 Å². The molecule has 0 atom stereocenters. The summed E-state index contributed by atoms with van der Waals surface area (Å²) in [6.07, 6.45) is 1.56. The van der Waals surface area contributed by atoms with Crippen molar-refractivity contribution in [2.45, 2.75) is 11.9 Å². The van der Waals surface area contributed by atoms with Crippen LogP contribution < -0.4 is 0 Å². The number of hydrogen-bond donors (Lipinski definition) is 0. The molecule has 0 amide bonds. The predicted molar refractivity (Wildman–Crippen MR) is 57.8 cm³/mol. The van der Waals surface area contributed by atoms with Crippen molar-refractivity contribution < 1.29 is 7.87 Å². The Morgan fingerprint density at radius 1 is 1.36 bits per heavy atom. The fraction of sp³-hybridized carbons (Fsp3) is 0.182. The molecule has 0 unspecified atom stereocenters. The van der Waals surface area contributed by atoms with Crippen molar-refractivity contribution in [2.24, 2.45) is 0 Å². The van der Waals surface area contributed by atoms with Gasteiger partial charge in [-0.2, -0.15) is 0 Å². The maximum atomic E-state index is 11.0. The molecule has 0 heterocycles. The van der Waals surface area contributed by atoms with Crippen LogP contribution in [0.2, 0.25) is 4.94 Å². The average Bonchev–Trinajstić information content (AvgIpc) is 2.18. The first kappa shape index (κ1) is 11.3. The number of carbonyl (C=O) groups is 1. The van der Waals surface area contributed by atoms with Gasteiger partial charge in [0.05, 0.1) is 0 Å². The molecule has 1 aromatic rings. The summed E-state index contributed by atoms with van der Waals surface area (Å²) in [6, 6.07) is 9.72. The Bertz CT molecular complexity index is 330. The van der Waals surface area contributed by atoms with Gasteiger partial charge in [0, 0.05) is 0 Å². The third-order valence-electron chi connectivity index (χ3n) is 1.60. The molecule has 0 aliphatic carbocycles. The van der Waals surface area contributed by atoms with Crippen molar-refractivity contribution >= 4 is 33.1 Å². The van der Waals surface area contributed by atoms with Gasteiger partial charge in [-0.1, -0.05) is 0 Å². The average molecular weight is 295 g/mol. The van der Waals surface area contributed by atoms with Crippen LogP contribution in [0.4, 0.5) is 0 Å². The van der Waals surface area contributed by atoms with Crippen LogP contribution in [0.1, 0.15) is 12.5 Å². The second-order valence-electron chi connectivity index (χ2n) is 2.79. The van der Waals surface area contributed by atoms with E-state index in [0.29, 0.717) is 5.76 Å². The number of benzene rings is 1. The summed E-state index contributed by atoms with van der Waals surface area (Å²) in [5.41, 5.74) is 0.977. The van der Waals surface area contributed by atoms with Crippen molar-refractivity contribution in [3.8, 4) is 0 Å². The van der Waals surface area contributed by atoms with Crippen LogP contribution in [-0.2, 0) is 7.87 Å². The van der Waals surface area contributed by atoms with Crippen LogP contribution in [0, 0.1) is 0 Å². The monoisotopic (exact) mass is 296 g/mol. The first-order valence-corrected chi connectivity index (χ1v) is 8.37. The van der Waals surface area contributed by atoms with E-state index in [1.165, 1.54) is 6.92 Å². The number of allylic oxidation sites excluding steroid dienone is 1. The Balaban J connectivity index is 2.94. The molecule has 0 aliphatic rings. The Morgan fingerprint density at radius 3 is 2.50 bits per heavy atom. The molecule has 0 saturated heterocycles. The molecule has 0 fully saturated rings. The zero-order chi connectivity index (χ0) is 10.4.